The van der Waals surface area contributed by atoms with Crippen molar-refractivity contribution in [3.05, 3.63) is 58.4 Å². The van der Waals surface area contributed by atoms with Gasteiger partial charge in [-0.2, -0.15) is 0 Å². The van der Waals surface area contributed by atoms with Crippen molar-refractivity contribution in [3.63, 3.8) is 0 Å². The average molecular weight is 261 g/mol. The van der Waals surface area contributed by atoms with Crippen molar-refractivity contribution in [1.82, 2.24) is 4.98 Å². The minimum atomic E-state index is -0.250. The van der Waals surface area contributed by atoms with Gasteiger partial charge in [0.1, 0.15) is 5.15 Å². The molecule has 2 rings (SSSR count). The molecule has 4 heteroatoms. The van der Waals surface area contributed by atoms with Crippen LogP contribution in [0.2, 0.25) is 5.15 Å². The SMILES string of the molecule is Cc1ccc(NC(=O)c2cccnc2Cl)c(C)c1. The van der Waals surface area contributed by atoms with E-state index in [-0.39, 0.29) is 11.1 Å². The van der Waals surface area contributed by atoms with Crippen LogP contribution in [-0.2, 0) is 0 Å². The van der Waals surface area contributed by atoms with Crippen LogP contribution in [0.1, 0.15) is 21.5 Å². The fourth-order valence-corrected chi connectivity index (χ4v) is 1.90. The van der Waals surface area contributed by atoms with Crippen molar-refractivity contribution in [3.8, 4) is 0 Å². The van der Waals surface area contributed by atoms with Crippen LogP contribution in [0.4, 0.5) is 5.69 Å². The van der Waals surface area contributed by atoms with Crippen LogP contribution in [0, 0.1) is 13.8 Å². The molecule has 1 heterocycles. The summed E-state index contributed by atoms with van der Waals surface area (Å²) in [5.41, 5.74) is 3.33. The molecule has 92 valence electrons. The van der Waals surface area contributed by atoms with Crippen LogP contribution in [0.5, 0.6) is 0 Å². The second-order valence-corrected chi connectivity index (χ2v) is 4.47. The summed E-state index contributed by atoms with van der Waals surface area (Å²) in [5.74, 6) is -0.250. The average Bonchev–Trinajstić information content (AvgIpc) is 2.33. The number of carbonyl (C=O) groups excluding carboxylic acids is 1. The Morgan fingerprint density at radius 1 is 1.28 bits per heavy atom. The molecule has 0 aliphatic carbocycles. The van der Waals surface area contributed by atoms with E-state index >= 15 is 0 Å². The van der Waals surface area contributed by atoms with Crippen molar-refractivity contribution in [2.24, 2.45) is 0 Å². The van der Waals surface area contributed by atoms with E-state index in [9.17, 15) is 4.79 Å². The maximum absolute atomic E-state index is 12.0. The number of carbonyl (C=O) groups is 1. The Balaban J connectivity index is 2.24. The first-order valence-corrected chi connectivity index (χ1v) is 5.95. The number of anilines is 1. The fourth-order valence-electron chi connectivity index (χ4n) is 1.70. The topological polar surface area (TPSA) is 42.0 Å². The minimum absolute atomic E-state index is 0.208. The second kappa shape index (κ2) is 5.19. The van der Waals surface area contributed by atoms with Gasteiger partial charge in [-0.25, -0.2) is 4.98 Å². The third kappa shape index (κ3) is 2.68. The number of halogens is 1. The standard InChI is InChI=1S/C14H13ClN2O/c1-9-5-6-12(10(2)8-9)17-14(18)11-4-3-7-16-13(11)15/h3-8H,1-2H3,(H,17,18). The first-order chi connectivity index (χ1) is 8.58. The Hall–Kier alpha value is -1.87. The summed E-state index contributed by atoms with van der Waals surface area (Å²) in [7, 11) is 0. The number of pyridine rings is 1. The zero-order chi connectivity index (χ0) is 13.1. The highest BCUT2D eigenvalue weighted by molar-refractivity contribution is 6.33. The molecule has 0 spiro atoms. The van der Waals surface area contributed by atoms with Gasteiger partial charge in [0.25, 0.3) is 5.91 Å². The molecule has 0 unspecified atom stereocenters. The van der Waals surface area contributed by atoms with Gasteiger partial charge in [0.05, 0.1) is 5.56 Å². The number of benzene rings is 1. The van der Waals surface area contributed by atoms with Crippen molar-refractivity contribution < 1.29 is 4.79 Å². The van der Waals surface area contributed by atoms with E-state index in [0.29, 0.717) is 5.56 Å². The molecule has 0 bridgehead atoms. The molecule has 0 aliphatic heterocycles. The van der Waals surface area contributed by atoms with Crippen LogP contribution >= 0.6 is 11.6 Å². The number of hydrogen-bond donors (Lipinski definition) is 1. The molecule has 3 nitrogen and oxygen atoms in total. The van der Waals surface area contributed by atoms with Crippen molar-refractivity contribution in [2.45, 2.75) is 13.8 Å². The molecule has 1 amide bonds. The lowest BCUT2D eigenvalue weighted by Gasteiger charge is -2.09. The zero-order valence-corrected chi connectivity index (χ0v) is 11.0. The van der Waals surface area contributed by atoms with Gasteiger partial charge >= 0.3 is 0 Å². The summed E-state index contributed by atoms with van der Waals surface area (Å²) < 4.78 is 0. The molecule has 0 saturated heterocycles. The third-order valence-electron chi connectivity index (χ3n) is 2.63. The Morgan fingerprint density at radius 2 is 2.06 bits per heavy atom. The zero-order valence-electron chi connectivity index (χ0n) is 10.2. The van der Waals surface area contributed by atoms with E-state index in [0.717, 1.165) is 16.8 Å². The monoisotopic (exact) mass is 260 g/mol. The fraction of sp³-hybridized carbons (Fsp3) is 0.143. The first kappa shape index (κ1) is 12.6. The maximum Gasteiger partial charge on any atom is 0.258 e. The second-order valence-electron chi connectivity index (χ2n) is 4.11. The van der Waals surface area contributed by atoms with E-state index in [1.165, 1.54) is 0 Å². The van der Waals surface area contributed by atoms with Crippen LogP contribution in [-0.4, -0.2) is 10.9 Å². The normalized spacial score (nSPS) is 10.2. The first-order valence-electron chi connectivity index (χ1n) is 5.57. The van der Waals surface area contributed by atoms with Gasteiger partial charge in [0.2, 0.25) is 0 Å². The van der Waals surface area contributed by atoms with Gasteiger partial charge in [0, 0.05) is 11.9 Å². The van der Waals surface area contributed by atoms with E-state index in [4.69, 9.17) is 11.6 Å². The highest BCUT2D eigenvalue weighted by Crippen LogP contribution is 2.19. The Bertz CT molecular complexity index is 596. The van der Waals surface area contributed by atoms with Crippen molar-refractivity contribution >= 4 is 23.2 Å². The largest absolute Gasteiger partial charge is 0.322 e. The van der Waals surface area contributed by atoms with E-state index in [1.807, 2.05) is 32.0 Å². The number of hydrogen-bond acceptors (Lipinski definition) is 2. The van der Waals surface area contributed by atoms with Crippen LogP contribution in [0.3, 0.4) is 0 Å². The predicted octanol–water partition coefficient (Wildman–Crippen LogP) is 3.60. The van der Waals surface area contributed by atoms with E-state index < -0.39 is 0 Å². The Labute approximate surface area is 111 Å². The summed E-state index contributed by atoms with van der Waals surface area (Å²) in [4.78, 5) is 15.9. The number of amides is 1. The van der Waals surface area contributed by atoms with Gasteiger partial charge in [-0.3, -0.25) is 4.79 Å². The molecule has 0 aliphatic rings. The molecule has 0 saturated carbocycles. The minimum Gasteiger partial charge on any atom is -0.322 e. The van der Waals surface area contributed by atoms with Gasteiger partial charge in [-0.1, -0.05) is 29.3 Å². The molecule has 1 aromatic carbocycles. The quantitative estimate of drug-likeness (QED) is 0.839. The molecular formula is C14H13ClN2O. The lowest BCUT2D eigenvalue weighted by Crippen LogP contribution is -2.13. The summed E-state index contributed by atoms with van der Waals surface area (Å²) in [6.07, 6.45) is 1.55. The van der Waals surface area contributed by atoms with Gasteiger partial charge in [-0.15, -0.1) is 0 Å². The Kier molecular flexibility index (Phi) is 3.63. The predicted molar refractivity (Wildman–Crippen MR) is 73.1 cm³/mol. The molecule has 2 aromatic rings. The number of aromatic nitrogens is 1. The molecule has 0 fully saturated rings. The molecule has 1 aromatic heterocycles. The van der Waals surface area contributed by atoms with Gasteiger partial charge in [0.15, 0.2) is 0 Å². The van der Waals surface area contributed by atoms with Crippen LogP contribution in [0.25, 0.3) is 0 Å². The summed E-state index contributed by atoms with van der Waals surface area (Å²) in [6, 6.07) is 9.18. The molecule has 1 N–H and O–H groups in total. The molecule has 0 atom stereocenters. The van der Waals surface area contributed by atoms with E-state index in [1.54, 1.807) is 18.3 Å². The van der Waals surface area contributed by atoms with E-state index in [2.05, 4.69) is 10.3 Å². The molecule has 18 heavy (non-hydrogen) atoms. The molecular weight excluding hydrogens is 248 g/mol. The molecule has 0 radical (unpaired) electrons. The van der Waals surface area contributed by atoms with Gasteiger partial charge < -0.3 is 5.32 Å². The summed E-state index contributed by atoms with van der Waals surface area (Å²) in [5, 5.41) is 3.04. The smallest absolute Gasteiger partial charge is 0.258 e. The number of nitrogens with zero attached hydrogens (tertiary/aromatic N) is 1. The van der Waals surface area contributed by atoms with Crippen molar-refractivity contribution in [1.29, 1.82) is 0 Å². The maximum atomic E-state index is 12.0. The Morgan fingerprint density at radius 3 is 2.72 bits per heavy atom. The van der Waals surface area contributed by atoms with Crippen molar-refractivity contribution in [2.75, 3.05) is 5.32 Å². The number of aryl methyl sites for hydroxylation is 2. The lowest BCUT2D eigenvalue weighted by molar-refractivity contribution is 0.102. The highest BCUT2D eigenvalue weighted by atomic mass is 35.5. The summed E-state index contributed by atoms with van der Waals surface area (Å²) in [6.45, 7) is 3.96. The lowest BCUT2D eigenvalue weighted by atomic mass is 10.1. The highest BCUT2D eigenvalue weighted by Gasteiger charge is 2.11. The van der Waals surface area contributed by atoms with Crippen LogP contribution < -0.4 is 5.32 Å². The van der Waals surface area contributed by atoms with Crippen LogP contribution in [0.15, 0.2) is 36.5 Å². The summed E-state index contributed by atoms with van der Waals surface area (Å²) >= 11 is 5.88. The number of nitrogens with one attached hydrogen (secondary N) is 1. The third-order valence-corrected chi connectivity index (χ3v) is 2.94. The van der Waals surface area contributed by atoms with Gasteiger partial charge in [-0.05, 0) is 37.6 Å². The number of rotatable bonds is 2.